The fourth-order valence-corrected chi connectivity index (χ4v) is 11.6. The quantitative estimate of drug-likeness (QED) is 0.153. The van der Waals surface area contributed by atoms with Crippen LogP contribution in [-0.4, -0.2) is 90.7 Å². The molecule has 8 bridgehead atoms. The van der Waals surface area contributed by atoms with E-state index in [0.717, 1.165) is 0 Å². The molecule has 4 aromatic carbocycles. The number of benzene rings is 4. The van der Waals surface area contributed by atoms with E-state index in [1.54, 1.807) is 36.4 Å². The minimum Gasteiger partial charge on any atom is -0.324 e. The van der Waals surface area contributed by atoms with Gasteiger partial charge in [0, 0.05) is 38.4 Å². The highest BCUT2D eigenvalue weighted by molar-refractivity contribution is 7.90. The van der Waals surface area contributed by atoms with Crippen LogP contribution in [0.25, 0.3) is 89.7 Å². The maximum absolute atomic E-state index is 13.2. The summed E-state index contributed by atoms with van der Waals surface area (Å²) >= 11 is 6.53. The van der Waals surface area contributed by atoms with Crippen LogP contribution in [0.3, 0.4) is 0 Å². The molecular formula is C32H17ClN8O12S4. The molecule has 0 unspecified atom stereocenters. The normalized spacial score (nSPS) is 13.2. The van der Waals surface area contributed by atoms with Crippen molar-refractivity contribution in [2.24, 2.45) is 0 Å². The van der Waals surface area contributed by atoms with E-state index in [9.17, 15) is 51.9 Å². The zero-order valence-corrected chi connectivity index (χ0v) is 31.6. The van der Waals surface area contributed by atoms with Crippen molar-refractivity contribution in [3.63, 3.8) is 0 Å². The molecule has 0 saturated heterocycles. The molecule has 25 heteroatoms. The first-order chi connectivity index (χ1) is 26.7. The predicted octanol–water partition coefficient (Wildman–Crippen LogP) is 4.39. The van der Waals surface area contributed by atoms with Gasteiger partial charge in [0.15, 0.2) is 34.6 Å². The largest absolute Gasteiger partial charge is 0.366 e. The van der Waals surface area contributed by atoms with Gasteiger partial charge in [-0.2, -0.15) is 37.6 Å². The molecule has 9 rings (SSSR count). The van der Waals surface area contributed by atoms with Gasteiger partial charge in [0.25, 0.3) is 30.4 Å². The van der Waals surface area contributed by atoms with Gasteiger partial charge in [0.1, 0.15) is 26.0 Å². The number of fused-ring (bicyclic) bond motifs is 20. The number of rotatable bonds is 4. The van der Waals surface area contributed by atoms with Crippen molar-refractivity contribution in [3.8, 4) is 45.6 Å². The van der Waals surface area contributed by atoms with Crippen LogP contribution in [-0.2, 0) is 40.7 Å². The van der Waals surface area contributed by atoms with Crippen LogP contribution in [0.1, 0.15) is 0 Å². The topological polar surface area (TPSA) is 316 Å². The van der Waals surface area contributed by atoms with Gasteiger partial charge in [0.05, 0.1) is 10.4 Å². The van der Waals surface area contributed by atoms with Crippen LogP contribution in [0.15, 0.2) is 87.5 Å². The first kappa shape index (κ1) is 36.8. The highest BCUT2D eigenvalue weighted by atomic mass is 35.5. The van der Waals surface area contributed by atoms with Crippen molar-refractivity contribution in [1.29, 1.82) is 0 Å². The van der Waals surface area contributed by atoms with Crippen LogP contribution in [0.2, 0.25) is 5.02 Å². The first-order valence-corrected chi connectivity index (χ1v) is 21.8. The lowest BCUT2D eigenvalue weighted by molar-refractivity contribution is 0.457. The average molecular weight is 869 g/mol. The summed E-state index contributed by atoms with van der Waals surface area (Å²) in [6.07, 6.45) is 0. The Morgan fingerprint density at radius 1 is 0.474 bits per heavy atom. The molecule has 5 N–H and O–H groups in total. The van der Waals surface area contributed by atoms with Gasteiger partial charge >= 0.3 is 10.3 Å². The summed E-state index contributed by atoms with van der Waals surface area (Å²) in [7, 11) is -22.9. The van der Waals surface area contributed by atoms with Gasteiger partial charge in [-0.25, -0.2) is 29.9 Å². The van der Waals surface area contributed by atoms with Crippen molar-refractivity contribution in [2.75, 3.05) is 0 Å². The standard InChI is InChI=1S/C32H17ClN8O12S4/c33-21-19-20(22(54(42,43)44)24(56(48,49)50)23(21)55(45,46)47)30-37-26-14-8-2-4-10-16(14)28(35-26)40-32-18-12-6-5-11-17(18)31(41(32)57(51,52)53)39-27-15-9-3-1-7-13(15)25(34-27)36-29(19)38-30/h1-12H,(H,42,43,44)(H,45,46,47)(H,48,49,50)(H,51,52,53)(H,34,35,36,37,38,39,40). The molecule has 2 aliphatic heterocycles. The van der Waals surface area contributed by atoms with Crippen LogP contribution in [0, 0.1) is 0 Å². The maximum Gasteiger partial charge on any atom is 0.366 e. The third kappa shape index (κ3) is 5.68. The number of H-pyrrole nitrogens is 1. The number of nitrogens with zero attached hydrogens (tertiary/aromatic N) is 7. The zero-order chi connectivity index (χ0) is 40.6. The van der Waals surface area contributed by atoms with Crippen LogP contribution in [0.5, 0.6) is 0 Å². The number of halogens is 1. The molecule has 7 aromatic rings. The SMILES string of the molecule is O=S(=O)(O)c1c(S(=O)(=O)O)c(S(=O)(=O)O)c2c3nc4nc(nc5c6ccccc6c(nc6nc(nc([nH]3)c2c1Cl)-c1ccccc1-6)n5S(=O)(=O)O)-c1ccccc1-4. The molecule has 0 aliphatic carbocycles. The molecule has 5 heterocycles. The molecule has 2 aliphatic rings. The Hall–Kier alpha value is -5.83. The van der Waals surface area contributed by atoms with Crippen molar-refractivity contribution in [2.45, 2.75) is 14.7 Å². The fourth-order valence-electron chi connectivity index (χ4n) is 6.78. The molecule has 0 atom stereocenters. The summed E-state index contributed by atoms with van der Waals surface area (Å²) in [5.41, 5.74) is -1.07. The molecule has 0 spiro atoms. The van der Waals surface area contributed by atoms with E-state index in [2.05, 4.69) is 34.9 Å². The lowest BCUT2D eigenvalue weighted by Crippen LogP contribution is -2.15. The van der Waals surface area contributed by atoms with E-state index in [1.807, 2.05) is 0 Å². The first-order valence-electron chi connectivity index (χ1n) is 15.7. The van der Waals surface area contributed by atoms with Gasteiger partial charge in [0.2, 0.25) is 0 Å². The molecule has 288 valence electrons. The maximum atomic E-state index is 13.2. The van der Waals surface area contributed by atoms with Gasteiger partial charge in [-0.05, 0) is 0 Å². The monoisotopic (exact) mass is 868 g/mol. The van der Waals surface area contributed by atoms with E-state index in [4.69, 9.17) is 11.6 Å². The molecule has 0 amide bonds. The molecule has 20 nitrogen and oxygen atoms in total. The van der Waals surface area contributed by atoms with E-state index in [-0.39, 0.29) is 67.6 Å². The number of hydrogen-bond donors (Lipinski definition) is 5. The minimum absolute atomic E-state index is 0.173. The highest BCUT2D eigenvalue weighted by Crippen LogP contribution is 2.45. The number of aromatic nitrogens is 8. The summed E-state index contributed by atoms with van der Waals surface area (Å²) in [5.74, 6) is -0.917. The lowest BCUT2D eigenvalue weighted by Gasteiger charge is -2.13. The smallest absolute Gasteiger partial charge is 0.324 e. The average Bonchev–Trinajstić information content (AvgIpc) is 3.84. The summed E-state index contributed by atoms with van der Waals surface area (Å²) in [4.78, 5) is 24.0. The van der Waals surface area contributed by atoms with Crippen molar-refractivity contribution < 1.29 is 51.9 Å². The molecular weight excluding hydrogens is 852 g/mol. The highest BCUT2D eigenvalue weighted by Gasteiger charge is 2.40. The van der Waals surface area contributed by atoms with Crippen LogP contribution in [0.4, 0.5) is 0 Å². The Bertz CT molecular complexity index is 3670. The van der Waals surface area contributed by atoms with Crippen molar-refractivity contribution >= 4 is 96.4 Å². The Kier molecular flexibility index (Phi) is 7.80. The summed E-state index contributed by atoms with van der Waals surface area (Å²) in [6.45, 7) is 0. The Morgan fingerprint density at radius 3 is 1.23 bits per heavy atom. The molecule has 0 radical (unpaired) electrons. The second kappa shape index (κ2) is 12.1. The Morgan fingerprint density at radius 2 is 0.842 bits per heavy atom. The summed E-state index contributed by atoms with van der Waals surface area (Å²) in [5, 5.41) is -2.44. The Balaban J connectivity index is 1.64. The van der Waals surface area contributed by atoms with Gasteiger partial charge < -0.3 is 4.98 Å². The number of hydrogen-bond acceptors (Lipinski definition) is 14. The lowest BCUT2D eigenvalue weighted by atomic mass is 10.1. The third-order valence-corrected chi connectivity index (χ3v) is 13.2. The fraction of sp³-hybridized carbons (Fsp3) is 0. The Labute approximate surface area is 323 Å². The van der Waals surface area contributed by atoms with Crippen molar-refractivity contribution in [3.05, 3.63) is 77.8 Å². The second-order valence-electron chi connectivity index (χ2n) is 12.3. The van der Waals surface area contributed by atoms with E-state index in [1.165, 1.54) is 36.4 Å². The van der Waals surface area contributed by atoms with Crippen molar-refractivity contribution in [1.82, 2.24) is 38.9 Å². The van der Waals surface area contributed by atoms with Crippen LogP contribution < -0.4 is 0 Å². The second-order valence-corrected chi connectivity index (χ2v) is 18.0. The van der Waals surface area contributed by atoms with Gasteiger partial charge in [-0.3, -0.25) is 18.2 Å². The number of nitrogens with one attached hydrogen (secondary N) is 1. The molecule has 0 fully saturated rings. The predicted molar refractivity (Wildman–Crippen MR) is 201 cm³/mol. The van der Waals surface area contributed by atoms with Crippen LogP contribution >= 0.6 is 11.6 Å². The third-order valence-electron chi connectivity index (χ3n) is 8.92. The molecule has 57 heavy (non-hydrogen) atoms. The molecule has 3 aromatic heterocycles. The number of aromatic amines is 1. The molecule has 0 saturated carbocycles. The van der Waals surface area contributed by atoms with E-state index < -0.39 is 82.4 Å². The van der Waals surface area contributed by atoms with E-state index in [0.29, 0.717) is 3.97 Å². The van der Waals surface area contributed by atoms with E-state index >= 15 is 0 Å². The zero-order valence-electron chi connectivity index (χ0n) is 27.6. The van der Waals surface area contributed by atoms with Gasteiger partial charge in [-0.15, -0.1) is 0 Å². The minimum atomic E-state index is -5.97. The summed E-state index contributed by atoms with van der Waals surface area (Å²) in [6, 6.07) is 18.6. The summed E-state index contributed by atoms with van der Waals surface area (Å²) < 4.78 is 146. The van der Waals surface area contributed by atoms with Gasteiger partial charge in [-0.1, -0.05) is 84.4 Å².